The van der Waals surface area contributed by atoms with Crippen LogP contribution in [0.2, 0.25) is 0 Å². The van der Waals surface area contributed by atoms with E-state index in [0.29, 0.717) is 5.92 Å². The number of thioether (sulfide) groups is 1. The SMILES string of the molecule is CCCNC(=NC)NCC(C)CSc1ccccc1OC.I. The second-order valence-corrected chi connectivity index (χ2v) is 6.01. The molecule has 22 heavy (non-hydrogen) atoms. The van der Waals surface area contributed by atoms with Gasteiger partial charge >= 0.3 is 0 Å². The van der Waals surface area contributed by atoms with Crippen molar-refractivity contribution in [1.82, 2.24) is 10.6 Å². The van der Waals surface area contributed by atoms with Gasteiger partial charge in [-0.05, 0) is 24.5 Å². The van der Waals surface area contributed by atoms with Crippen molar-refractivity contribution in [2.24, 2.45) is 10.9 Å². The molecule has 1 rings (SSSR count). The highest BCUT2D eigenvalue weighted by molar-refractivity contribution is 14.0. The smallest absolute Gasteiger partial charge is 0.190 e. The lowest BCUT2D eigenvalue weighted by molar-refractivity contribution is 0.405. The van der Waals surface area contributed by atoms with Crippen LogP contribution < -0.4 is 15.4 Å². The van der Waals surface area contributed by atoms with Gasteiger partial charge in [0.05, 0.1) is 7.11 Å². The van der Waals surface area contributed by atoms with Crippen LogP contribution in [0, 0.1) is 5.92 Å². The first-order chi connectivity index (χ1) is 10.2. The molecule has 0 aliphatic carbocycles. The Kier molecular flexibility index (Phi) is 12.5. The molecule has 0 heterocycles. The lowest BCUT2D eigenvalue weighted by Crippen LogP contribution is -2.40. The minimum absolute atomic E-state index is 0. The molecule has 0 fully saturated rings. The molecule has 1 unspecified atom stereocenters. The van der Waals surface area contributed by atoms with Crippen molar-refractivity contribution in [3.05, 3.63) is 24.3 Å². The van der Waals surface area contributed by atoms with E-state index in [2.05, 4.69) is 35.5 Å². The molecule has 1 atom stereocenters. The monoisotopic (exact) mass is 437 g/mol. The van der Waals surface area contributed by atoms with Crippen molar-refractivity contribution in [2.75, 3.05) is 33.0 Å². The third-order valence-corrected chi connectivity index (χ3v) is 4.36. The first-order valence-electron chi connectivity index (χ1n) is 7.41. The summed E-state index contributed by atoms with van der Waals surface area (Å²) in [5, 5.41) is 6.64. The van der Waals surface area contributed by atoms with Gasteiger partial charge in [0.15, 0.2) is 5.96 Å². The van der Waals surface area contributed by atoms with Gasteiger partial charge in [-0.25, -0.2) is 0 Å². The van der Waals surface area contributed by atoms with Crippen molar-refractivity contribution in [2.45, 2.75) is 25.2 Å². The van der Waals surface area contributed by atoms with E-state index >= 15 is 0 Å². The molecule has 1 aromatic rings. The maximum Gasteiger partial charge on any atom is 0.190 e. The Hall–Kier alpha value is -0.630. The van der Waals surface area contributed by atoms with Gasteiger partial charge in [0.2, 0.25) is 0 Å². The molecule has 0 bridgehead atoms. The Morgan fingerprint density at radius 2 is 2.05 bits per heavy atom. The van der Waals surface area contributed by atoms with Crippen LogP contribution in [0.4, 0.5) is 0 Å². The molecule has 0 aliphatic heterocycles. The predicted molar refractivity (Wildman–Crippen MR) is 108 cm³/mol. The lowest BCUT2D eigenvalue weighted by atomic mass is 10.2. The zero-order valence-electron chi connectivity index (χ0n) is 13.9. The first kappa shape index (κ1) is 21.4. The summed E-state index contributed by atoms with van der Waals surface area (Å²) in [6.07, 6.45) is 1.10. The molecule has 0 radical (unpaired) electrons. The number of nitrogens with one attached hydrogen (secondary N) is 2. The maximum atomic E-state index is 5.37. The maximum absolute atomic E-state index is 5.37. The minimum atomic E-state index is 0. The van der Waals surface area contributed by atoms with E-state index in [1.807, 2.05) is 30.0 Å². The molecular formula is C16H28IN3OS. The number of para-hydroxylation sites is 1. The van der Waals surface area contributed by atoms with Crippen LogP contribution >= 0.6 is 35.7 Å². The summed E-state index contributed by atoms with van der Waals surface area (Å²) in [5.41, 5.74) is 0. The van der Waals surface area contributed by atoms with Gasteiger partial charge in [0.25, 0.3) is 0 Å². The van der Waals surface area contributed by atoms with Gasteiger partial charge in [0, 0.05) is 30.8 Å². The second-order valence-electron chi connectivity index (χ2n) is 4.95. The molecule has 0 amide bonds. The van der Waals surface area contributed by atoms with Crippen molar-refractivity contribution < 1.29 is 4.74 Å². The number of hydrogen-bond donors (Lipinski definition) is 2. The molecule has 126 valence electrons. The Bertz CT molecular complexity index is 443. The number of guanidine groups is 1. The topological polar surface area (TPSA) is 45.7 Å². The molecule has 2 N–H and O–H groups in total. The van der Waals surface area contributed by atoms with E-state index in [-0.39, 0.29) is 24.0 Å². The highest BCUT2D eigenvalue weighted by atomic mass is 127. The standard InChI is InChI=1S/C16H27N3OS.HI/c1-5-10-18-16(17-3)19-11-13(2)12-21-15-9-7-6-8-14(15)20-4;/h6-9,13H,5,10-12H2,1-4H3,(H2,17,18,19);1H. The van der Waals surface area contributed by atoms with E-state index in [1.54, 1.807) is 14.2 Å². The quantitative estimate of drug-likeness (QED) is 0.282. The number of benzene rings is 1. The minimum Gasteiger partial charge on any atom is -0.496 e. The molecule has 0 saturated heterocycles. The van der Waals surface area contributed by atoms with Gasteiger partial charge in [0.1, 0.15) is 5.75 Å². The number of aliphatic imine (C=N–C) groups is 1. The molecular weight excluding hydrogens is 409 g/mol. The normalized spacial score (nSPS) is 12.3. The number of hydrogen-bond acceptors (Lipinski definition) is 3. The van der Waals surface area contributed by atoms with Crippen molar-refractivity contribution >= 4 is 41.7 Å². The summed E-state index contributed by atoms with van der Waals surface area (Å²) in [4.78, 5) is 5.41. The first-order valence-corrected chi connectivity index (χ1v) is 8.40. The summed E-state index contributed by atoms with van der Waals surface area (Å²) < 4.78 is 5.37. The van der Waals surface area contributed by atoms with Crippen molar-refractivity contribution in [3.8, 4) is 5.75 Å². The third-order valence-electron chi connectivity index (χ3n) is 2.98. The van der Waals surface area contributed by atoms with E-state index < -0.39 is 0 Å². The molecule has 6 heteroatoms. The third kappa shape index (κ3) is 8.12. The fraction of sp³-hybridized carbons (Fsp3) is 0.562. The van der Waals surface area contributed by atoms with Crippen LogP contribution in [0.5, 0.6) is 5.75 Å². The summed E-state index contributed by atoms with van der Waals surface area (Å²) in [6, 6.07) is 8.15. The average Bonchev–Trinajstić information content (AvgIpc) is 2.53. The molecule has 4 nitrogen and oxygen atoms in total. The van der Waals surface area contributed by atoms with Gasteiger partial charge < -0.3 is 15.4 Å². The Morgan fingerprint density at radius 1 is 1.32 bits per heavy atom. The molecule has 0 aromatic heterocycles. The molecule has 1 aromatic carbocycles. The van der Waals surface area contributed by atoms with E-state index in [9.17, 15) is 0 Å². The number of halogens is 1. The zero-order valence-corrected chi connectivity index (χ0v) is 17.0. The Morgan fingerprint density at radius 3 is 2.68 bits per heavy atom. The predicted octanol–water partition coefficient (Wildman–Crippen LogP) is 3.62. The largest absolute Gasteiger partial charge is 0.496 e. The van der Waals surface area contributed by atoms with Crippen LogP contribution in [-0.2, 0) is 0 Å². The molecule has 0 aliphatic rings. The number of rotatable bonds is 8. The molecule has 0 spiro atoms. The summed E-state index contributed by atoms with van der Waals surface area (Å²) in [5.74, 6) is 3.41. The number of nitrogens with zero attached hydrogens (tertiary/aromatic N) is 1. The van der Waals surface area contributed by atoms with Crippen LogP contribution in [0.3, 0.4) is 0 Å². The van der Waals surface area contributed by atoms with E-state index in [4.69, 9.17) is 4.74 Å². The highest BCUT2D eigenvalue weighted by Crippen LogP contribution is 2.29. The zero-order chi connectivity index (χ0) is 15.5. The van der Waals surface area contributed by atoms with Crippen LogP contribution in [0.1, 0.15) is 20.3 Å². The highest BCUT2D eigenvalue weighted by Gasteiger charge is 2.07. The fourth-order valence-corrected chi connectivity index (χ4v) is 2.81. The van der Waals surface area contributed by atoms with Crippen molar-refractivity contribution in [3.63, 3.8) is 0 Å². The second kappa shape index (κ2) is 12.9. The van der Waals surface area contributed by atoms with Crippen LogP contribution in [0.15, 0.2) is 34.2 Å². The summed E-state index contributed by atoms with van der Waals surface area (Å²) >= 11 is 1.83. The van der Waals surface area contributed by atoms with Gasteiger partial charge in [-0.1, -0.05) is 26.0 Å². The molecule has 0 saturated carbocycles. The number of methoxy groups -OCH3 is 1. The van der Waals surface area contributed by atoms with Crippen LogP contribution in [0.25, 0.3) is 0 Å². The van der Waals surface area contributed by atoms with Gasteiger partial charge in [-0.2, -0.15) is 0 Å². The lowest BCUT2D eigenvalue weighted by Gasteiger charge is -2.16. The van der Waals surface area contributed by atoms with E-state index in [0.717, 1.165) is 37.0 Å². The Labute approximate surface area is 155 Å². The Balaban J connectivity index is 0.00000441. The number of ether oxygens (including phenoxy) is 1. The van der Waals surface area contributed by atoms with Gasteiger partial charge in [-0.3, -0.25) is 4.99 Å². The van der Waals surface area contributed by atoms with E-state index in [1.165, 1.54) is 4.90 Å². The van der Waals surface area contributed by atoms with Crippen molar-refractivity contribution in [1.29, 1.82) is 0 Å². The van der Waals surface area contributed by atoms with Gasteiger partial charge in [-0.15, -0.1) is 35.7 Å². The average molecular weight is 437 g/mol. The summed E-state index contributed by atoms with van der Waals surface area (Å²) in [6.45, 7) is 6.24. The van der Waals surface area contributed by atoms with Crippen LogP contribution in [-0.4, -0.2) is 39.0 Å². The summed E-state index contributed by atoms with van der Waals surface area (Å²) in [7, 11) is 3.52. The fourth-order valence-electron chi connectivity index (χ4n) is 1.76.